The van der Waals surface area contributed by atoms with Crippen LogP contribution >= 0.6 is 0 Å². The lowest BCUT2D eigenvalue weighted by Gasteiger charge is -2.26. The van der Waals surface area contributed by atoms with Crippen molar-refractivity contribution in [3.05, 3.63) is 5.69 Å². The fourth-order valence-corrected chi connectivity index (χ4v) is 2.25. The molecule has 1 atom stereocenters. The molecular weight excluding hydrogens is 216 g/mol. The molecule has 96 valence electrons. The summed E-state index contributed by atoms with van der Waals surface area (Å²) < 4.78 is 7.05. The van der Waals surface area contributed by atoms with E-state index in [9.17, 15) is 0 Å². The predicted molar refractivity (Wildman–Crippen MR) is 69.6 cm³/mol. The van der Waals surface area contributed by atoms with Gasteiger partial charge in [-0.15, -0.1) is 0 Å². The number of nitrogens with zero attached hydrogens (tertiary/aromatic N) is 2. The first-order valence-electron chi connectivity index (χ1n) is 6.31. The number of fused-ring (bicyclic) bond motifs is 1. The number of methoxy groups -OCH3 is 1. The summed E-state index contributed by atoms with van der Waals surface area (Å²) in [5.41, 5.74) is 2.35. The van der Waals surface area contributed by atoms with Gasteiger partial charge in [-0.1, -0.05) is 13.3 Å². The number of rotatable bonds is 5. The summed E-state index contributed by atoms with van der Waals surface area (Å²) in [6, 6.07) is 0.423. The Bertz CT molecular complexity index is 375. The van der Waals surface area contributed by atoms with E-state index in [-0.39, 0.29) is 0 Å². The third-order valence-corrected chi connectivity index (χ3v) is 3.14. The Kier molecular flexibility index (Phi) is 3.89. The lowest BCUT2D eigenvalue weighted by atomic mass is 10.1. The van der Waals surface area contributed by atoms with E-state index >= 15 is 0 Å². The number of anilines is 2. The second-order valence-corrected chi connectivity index (χ2v) is 4.55. The Morgan fingerprint density at radius 2 is 2.35 bits per heavy atom. The van der Waals surface area contributed by atoms with Gasteiger partial charge >= 0.3 is 0 Å². The number of nitrogens with one attached hydrogen (secondary N) is 2. The predicted octanol–water partition coefficient (Wildman–Crippen LogP) is 1.62. The molecule has 5 heteroatoms. The third kappa shape index (κ3) is 2.54. The molecule has 1 aromatic heterocycles. The average molecular weight is 238 g/mol. The Balaban J connectivity index is 2.09. The lowest BCUT2D eigenvalue weighted by molar-refractivity contribution is 0.190. The Hall–Kier alpha value is -1.23. The van der Waals surface area contributed by atoms with Gasteiger partial charge < -0.3 is 15.4 Å². The molecule has 2 N–H and O–H groups in total. The third-order valence-electron chi connectivity index (χ3n) is 3.14. The van der Waals surface area contributed by atoms with Crippen LogP contribution in [0.3, 0.4) is 0 Å². The minimum absolute atomic E-state index is 0.423. The van der Waals surface area contributed by atoms with Gasteiger partial charge in [0, 0.05) is 33.4 Å². The molecule has 5 nitrogen and oxygen atoms in total. The minimum atomic E-state index is 0.423. The van der Waals surface area contributed by atoms with E-state index in [4.69, 9.17) is 4.74 Å². The fraction of sp³-hybridized carbons (Fsp3) is 0.750. The van der Waals surface area contributed by atoms with Gasteiger partial charge in [-0.2, -0.15) is 5.10 Å². The van der Waals surface area contributed by atoms with Crippen LogP contribution in [-0.2, 0) is 18.2 Å². The van der Waals surface area contributed by atoms with E-state index in [1.165, 1.54) is 11.4 Å². The molecular formula is C12H22N4O. The summed E-state index contributed by atoms with van der Waals surface area (Å²) in [4.78, 5) is 0. The first-order chi connectivity index (χ1) is 8.26. The highest BCUT2D eigenvalue weighted by molar-refractivity contribution is 5.70. The maximum absolute atomic E-state index is 5.12. The number of hydrogen-bond donors (Lipinski definition) is 2. The monoisotopic (exact) mass is 238 g/mol. The smallest absolute Gasteiger partial charge is 0.148 e. The van der Waals surface area contributed by atoms with Gasteiger partial charge in [0.05, 0.1) is 5.69 Å². The molecule has 2 heterocycles. The van der Waals surface area contributed by atoms with Crippen LogP contribution in [0.15, 0.2) is 0 Å². The van der Waals surface area contributed by atoms with Crippen molar-refractivity contribution in [3.63, 3.8) is 0 Å². The van der Waals surface area contributed by atoms with Gasteiger partial charge in [-0.05, 0) is 12.8 Å². The van der Waals surface area contributed by atoms with Crippen molar-refractivity contribution in [2.75, 3.05) is 30.9 Å². The zero-order valence-corrected chi connectivity index (χ0v) is 10.9. The van der Waals surface area contributed by atoms with E-state index in [0.717, 1.165) is 38.2 Å². The molecule has 0 amide bonds. The summed E-state index contributed by atoms with van der Waals surface area (Å²) >= 11 is 0. The Labute approximate surface area is 103 Å². The summed E-state index contributed by atoms with van der Waals surface area (Å²) in [5, 5.41) is 11.6. The molecule has 0 saturated heterocycles. The van der Waals surface area contributed by atoms with Crippen LogP contribution < -0.4 is 10.6 Å². The van der Waals surface area contributed by atoms with E-state index in [1.54, 1.807) is 7.11 Å². The molecule has 0 aromatic carbocycles. The Morgan fingerprint density at radius 1 is 1.53 bits per heavy atom. The van der Waals surface area contributed by atoms with Gasteiger partial charge in [0.1, 0.15) is 11.5 Å². The fourth-order valence-electron chi connectivity index (χ4n) is 2.25. The van der Waals surface area contributed by atoms with Crippen LogP contribution in [0.2, 0.25) is 0 Å². The normalized spacial score (nSPS) is 18.4. The standard InChI is InChI=1S/C12H22N4O/c1-4-5-10-11-12(16(2)15-10)14-9(8-13-11)6-7-17-3/h9,13-14H,4-8H2,1-3H3. The zero-order valence-electron chi connectivity index (χ0n) is 10.9. The summed E-state index contributed by atoms with van der Waals surface area (Å²) in [6.07, 6.45) is 3.16. The molecule has 0 saturated carbocycles. The van der Waals surface area contributed by atoms with Gasteiger partial charge in [0.15, 0.2) is 0 Å². The first-order valence-corrected chi connectivity index (χ1v) is 6.31. The maximum atomic E-state index is 5.12. The quantitative estimate of drug-likeness (QED) is 0.818. The Morgan fingerprint density at radius 3 is 3.06 bits per heavy atom. The average Bonchev–Trinajstić information content (AvgIpc) is 2.64. The summed E-state index contributed by atoms with van der Waals surface area (Å²) in [5.74, 6) is 1.11. The van der Waals surface area contributed by atoms with E-state index in [0.29, 0.717) is 6.04 Å². The topological polar surface area (TPSA) is 51.1 Å². The van der Waals surface area contributed by atoms with Crippen LogP contribution in [0.1, 0.15) is 25.5 Å². The van der Waals surface area contributed by atoms with Gasteiger partial charge in [0.2, 0.25) is 0 Å². The van der Waals surface area contributed by atoms with Crippen LogP contribution in [-0.4, -0.2) is 36.1 Å². The van der Waals surface area contributed by atoms with Crippen LogP contribution in [0.4, 0.5) is 11.5 Å². The van der Waals surface area contributed by atoms with E-state index in [2.05, 4.69) is 22.7 Å². The van der Waals surface area contributed by atoms with Gasteiger partial charge in [-0.25, -0.2) is 0 Å². The van der Waals surface area contributed by atoms with Crippen molar-refractivity contribution >= 4 is 11.5 Å². The largest absolute Gasteiger partial charge is 0.385 e. The zero-order chi connectivity index (χ0) is 12.3. The van der Waals surface area contributed by atoms with Crippen molar-refractivity contribution in [1.82, 2.24) is 9.78 Å². The molecule has 17 heavy (non-hydrogen) atoms. The van der Waals surface area contributed by atoms with Crippen LogP contribution in [0.5, 0.6) is 0 Å². The second-order valence-electron chi connectivity index (χ2n) is 4.55. The number of ether oxygens (including phenoxy) is 1. The maximum Gasteiger partial charge on any atom is 0.148 e. The van der Waals surface area contributed by atoms with Crippen molar-refractivity contribution in [2.45, 2.75) is 32.2 Å². The second kappa shape index (κ2) is 5.40. The highest BCUT2D eigenvalue weighted by atomic mass is 16.5. The highest BCUT2D eigenvalue weighted by Gasteiger charge is 2.23. The van der Waals surface area contributed by atoms with Crippen molar-refractivity contribution < 1.29 is 4.74 Å². The molecule has 0 bridgehead atoms. The lowest BCUT2D eigenvalue weighted by Crippen LogP contribution is -2.34. The highest BCUT2D eigenvalue weighted by Crippen LogP contribution is 2.30. The van der Waals surface area contributed by atoms with Crippen LogP contribution in [0.25, 0.3) is 0 Å². The number of aryl methyl sites for hydroxylation is 2. The van der Waals surface area contributed by atoms with Crippen molar-refractivity contribution in [1.29, 1.82) is 0 Å². The molecule has 1 aliphatic heterocycles. The summed E-state index contributed by atoms with van der Waals surface area (Å²) in [7, 11) is 3.73. The molecule has 1 aromatic rings. The molecule has 0 radical (unpaired) electrons. The number of hydrogen-bond acceptors (Lipinski definition) is 4. The first kappa shape index (κ1) is 12.2. The van der Waals surface area contributed by atoms with E-state index < -0.39 is 0 Å². The molecule has 0 fully saturated rings. The van der Waals surface area contributed by atoms with Gasteiger partial charge in [0.25, 0.3) is 0 Å². The van der Waals surface area contributed by atoms with E-state index in [1.807, 2.05) is 11.7 Å². The molecule has 1 aliphatic rings. The number of aromatic nitrogens is 2. The SMILES string of the molecule is CCCc1nn(C)c2c1NCC(CCOC)N2. The summed E-state index contributed by atoms with van der Waals surface area (Å²) in [6.45, 7) is 3.91. The molecule has 2 rings (SSSR count). The van der Waals surface area contributed by atoms with Gasteiger partial charge in [-0.3, -0.25) is 4.68 Å². The minimum Gasteiger partial charge on any atom is -0.385 e. The molecule has 0 spiro atoms. The van der Waals surface area contributed by atoms with Crippen molar-refractivity contribution in [3.8, 4) is 0 Å². The van der Waals surface area contributed by atoms with Crippen molar-refractivity contribution in [2.24, 2.45) is 7.05 Å². The van der Waals surface area contributed by atoms with Crippen LogP contribution in [0, 0.1) is 0 Å². The molecule has 0 aliphatic carbocycles. The molecule has 1 unspecified atom stereocenters.